The second-order valence-electron chi connectivity index (χ2n) is 8.04. The Morgan fingerprint density at radius 1 is 1.15 bits per heavy atom. The predicted octanol–water partition coefficient (Wildman–Crippen LogP) is 4.04. The lowest BCUT2D eigenvalue weighted by Crippen LogP contribution is -2.59. The zero-order chi connectivity index (χ0) is 14.8. The van der Waals surface area contributed by atoms with E-state index in [1.807, 2.05) is 0 Å². The largest absolute Gasteiger partial charge is 0.329 e. The minimum atomic E-state index is 0.309. The second-order valence-corrected chi connectivity index (χ2v) is 8.04. The molecule has 0 aromatic rings. The van der Waals surface area contributed by atoms with Crippen LogP contribution in [0.2, 0.25) is 0 Å². The highest BCUT2D eigenvalue weighted by molar-refractivity contribution is 4.98. The Hall–Kier alpha value is -0.0800. The smallest absolute Gasteiger partial charge is 0.0334 e. The summed E-state index contributed by atoms with van der Waals surface area (Å²) < 4.78 is 0. The third-order valence-electron chi connectivity index (χ3n) is 6.27. The molecule has 0 bridgehead atoms. The third kappa shape index (κ3) is 3.39. The molecule has 1 saturated carbocycles. The van der Waals surface area contributed by atoms with E-state index in [2.05, 4.69) is 32.6 Å². The van der Waals surface area contributed by atoms with E-state index in [1.165, 1.54) is 51.5 Å². The highest BCUT2D eigenvalue weighted by Gasteiger charge is 2.41. The molecule has 0 amide bonds. The number of nitrogens with zero attached hydrogens (tertiary/aromatic N) is 1. The fourth-order valence-electron chi connectivity index (χ4n) is 4.80. The van der Waals surface area contributed by atoms with E-state index in [9.17, 15) is 0 Å². The summed E-state index contributed by atoms with van der Waals surface area (Å²) >= 11 is 0. The van der Waals surface area contributed by atoms with Crippen molar-refractivity contribution in [2.45, 2.75) is 84.2 Å². The van der Waals surface area contributed by atoms with Gasteiger partial charge in [-0.2, -0.15) is 0 Å². The van der Waals surface area contributed by atoms with Gasteiger partial charge in [-0.25, -0.2) is 0 Å². The number of hydrogen-bond acceptors (Lipinski definition) is 2. The summed E-state index contributed by atoms with van der Waals surface area (Å²) in [6.07, 6.45) is 9.54. The van der Waals surface area contributed by atoms with Gasteiger partial charge in [0.2, 0.25) is 0 Å². The summed E-state index contributed by atoms with van der Waals surface area (Å²) in [6, 6.07) is 0.720. The van der Waals surface area contributed by atoms with Crippen molar-refractivity contribution in [1.82, 2.24) is 4.90 Å². The molecule has 2 aliphatic rings. The average Bonchev–Trinajstić information content (AvgIpc) is 2.62. The average molecular weight is 280 g/mol. The van der Waals surface area contributed by atoms with Crippen LogP contribution >= 0.6 is 0 Å². The Labute approximate surface area is 126 Å². The number of hydrogen-bond donors (Lipinski definition) is 1. The minimum absolute atomic E-state index is 0.309. The van der Waals surface area contributed by atoms with Crippen molar-refractivity contribution < 1.29 is 0 Å². The molecule has 2 fully saturated rings. The molecule has 1 aliphatic heterocycles. The first kappa shape index (κ1) is 16.3. The molecule has 2 heteroatoms. The van der Waals surface area contributed by atoms with Crippen molar-refractivity contribution >= 4 is 0 Å². The van der Waals surface area contributed by atoms with Gasteiger partial charge in [-0.05, 0) is 63.3 Å². The third-order valence-corrected chi connectivity index (χ3v) is 6.27. The fraction of sp³-hybridized carbons (Fsp3) is 1.00. The summed E-state index contributed by atoms with van der Waals surface area (Å²) in [7, 11) is 0. The van der Waals surface area contributed by atoms with Gasteiger partial charge in [0, 0.05) is 18.1 Å². The van der Waals surface area contributed by atoms with E-state index in [4.69, 9.17) is 5.73 Å². The maximum absolute atomic E-state index is 6.32. The van der Waals surface area contributed by atoms with E-state index < -0.39 is 0 Å². The lowest BCUT2D eigenvalue weighted by atomic mass is 9.81. The molecule has 1 saturated heterocycles. The molecule has 0 aromatic carbocycles. The number of piperidine rings is 1. The van der Waals surface area contributed by atoms with Crippen molar-refractivity contribution in [3.63, 3.8) is 0 Å². The van der Waals surface area contributed by atoms with E-state index in [0.717, 1.165) is 30.3 Å². The summed E-state index contributed by atoms with van der Waals surface area (Å²) in [5.41, 5.74) is 6.62. The molecule has 0 radical (unpaired) electrons. The molecule has 20 heavy (non-hydrogen) atoms. The van der Waals surface area contributed by atoms with Crippen molar-refractivity contribution in [1.29, 1.82) is 0 Å². The van der Waals surface area contributed by atoms with Crippen LogP contribution in [0.15, 0.2) is 0 Å². The number of likely N-dealkylation sites (tertiary alicyclic amines) is 1. The molecular formula is C18H36N2. The zero-order valence-electron chi connectivity index (χ0n) is 14.2. The Morgan fingerprint density at radius 2 is 1.90 bits per heavy atom. The number of nitrogens with two attached hydrogens (primary N) is 1. The molecule has 4 unspecified atom stereocenters. The normalized spacial score (nSPS) is 40.8. The quantitative estimate of drug-likeness (QED) is 0.791. The van der Waals surface area contributed by atoms with Gasteiger partial charge in [0.05, 0.1) is 0 Å². The van der Waals surface area contributed by atoms with Gasteiger partial charge < -0.3 is 5.73 Å². The first-order valence-electron chi connectivity index (χ1n) is 8.95. The lowest BCUT2D eigenvalue weighted by Gasteiger charge is -2.50. The maximum Gasteiger partial charge on any atom is 0.0334 e. The van der Waals surface area contributed by atoms with E-state index in [-0.39, 0.29) is 0 Å². The van der Waals surface area contributed by atoms with Crippen LogP contribution in [0.1, 0.15) is 72.6 Å². The van der Waals surface area contributed by atoms with Gasteiger partial charge in [-0.15, -0.1) is 0 Å². The Balaban J connectivity index is 2.09. The molecule has 2 N–H and O–H groups in total. The van der Waals surface area contributed by atoms with Gasteiger partial charge in [0.15, 0.2) is 0 Å². The first-order valence-corrected chi connectivity index (χ1v) is 8.95. The number of rotatable bonds is 3. The topological polar surface area (TPSA) is 29.3 Å². The van der Waals surface area contributed by atoms with E-state index in [1.54, 1.807) is 0 Å². The standard InChI is InChI=1S/C18H36N2/c1-14(2)17-6-5-9-18(13-19,10-7-17)20-11-8-15(3)12-16(20)4/h14-17H,5-13,19H2,1-4H3. The molecule has 0 spiro atoms. The van der Waals surface area contributed by atoms with Crippen molar-refractivity contribution in [3.05, 3.63) is 0 Å². The monoisotopic (exact) mass is 280 g/mol. The van der Waals surface area contributed by atoms with Crippen LogP contribution in [0, 0.1) is 17.8 Å². The van der Waals surface area contributed by atoms with E-state index >= 15 is 0 Å². The van der Waals surface area contributed by atoms with Crippen LogP contribution in [0.5, 0.6) is 0 Å². The molecule has 1 heterocycles. The summed E-state index contributed by atoms with van der Waals surface area (Å²) in [5.74, 6) is 2.65. The van der Waals surface area contributed by atoms with Crippen LogP contribution in [0.4, 0.5) is 0 Å². The first-order chi connectivity index (χ1) is 9.48. The van der Waals surface area contributed by atoms with Crippen molar-refractivity contribution in [3.8, 4) is 0 Å². The van der Waals surface area contributed by atoms with Crippen molar-refractivity contribution in [2.75, 3.05) is 13.1 Å². The van der Waals surface area contributed by atoms with Crippen LogP contribution in [-0.4, -0.2) is 29.6 Å². The SMILES string of the molecule is CC1CCN(C2(CN)CCCC(C(C)C)CC2)C(C)C1. The summed E-state index contributed by atoms with van der Waals surface area (Å²) in [4.78, 5) is 2.80. The van der Waals surface area contributed by atoms with Gasteiger partial charge in [-0.3, -0.25) is 4.90 Å². The molecule has 0 aromatic heterocycles. The van der Waals surface area contributed by atoms with Crippen LogP contribution in [0.3, 0.4) is 0 Å². The Morgan fingerprint density at radius 3 is 2.50 bits per heavy atom. The lowest BCUT2D eigenvalue weighted by molar-refractivity contribution is 0.00389. The highest BCUT2D eigenvalue weighted by atomic mass is 15.2. The Bertz CT molecular complexity index is 302. The van der Waals surface area contributed by atoms with Gasteiger partial charge in [-0.1, -0.05) is 33.6 Å². The maximum atomic E-state index is 6.32. The van der Waals surface area contributed by atoms with Crippen LogP contribution in [-0.2, 0) is 0 Å². The molecule has 1 aliphatic carbocycles. The minimum Gasteiger partial charge on any atom is -0.329 e. The van der Waals surface area contributed by atoms with Gasteiger partial charge in [0.1, 0.15) is 0 Å². The second kappa shape index (κ2) is 6.79. The molecule has 2 rings (SSSR count). The molecule has 2 nitrogen and oxygen atoms in total. The van der Waals surface area contributed by atoms with Crippen molar-refractivity contribution in [2.24, 2.45) is 23.5 Å². The van der Waals surface area contributed by atoms with Gasteiger partial charge >= 0.3 is 0 Å². The molecular weight excluding hydrogens is 244 g/mol. The van der Waals surface area contributed by atoms with Gasteiger partial charge in [0.25, 0.3) is 0 Å². The molecule has 4 atom stereocenters. The fourth-order valence-corrected chi connectivity index (χ4v) is 4.80. The molecule has 118 valence electrons. The van der Waals surface area contributed by atoms with E-state index in [0.29, 0.717) is 5.54 Å². The Kier molecular flexibility index (Phi) is 5.53. The summed E-state index contributed by atoms with van der Waals surface area (Å²) in [5, 5.41) is 0. The summed E-state index contributed by atoms with van der Waals surface area (Å²) in [6.45, 7) is 11.8. The van der Waals surface area contributed by atoms with Crippen LogP contribution < -0.4 is 5.73 Å². The zero-order valence-corrected chi connectivity index (χ0v) is 14.2. The highest BCUT2D eigenvalue weighted by Crippen LogP contribution is 2.40. The van der Waals surface area contributed by atoms with Crippen LogP contribution in [0.25, 0.3) is 0 Å². The predicted molar refractivity (Wildman–Crippen MR) is 87.8 cm³/mol.